The molecule has 3 aromatic carbocycles. The van der Waals surface area contributed by atoms with E-state index in [1.54, 1.807) is 55.1 Å². The lowest BCUT2D eigenvalue weighted by Crippen LogP contribution is -2.47. The number of ether oxygens (including phenoxy) is 2. The number of benzene rings is 3. The molecule has 0 unspecified atom stereocenters. The molecule has 0 saturated carbocycles. The smallest absolute Gasteiger partial charge is 0.258 e. The summed E-state index contributed by atoms with van der Waals surface area (Å²) in [5.41, 5.74) is 3.30. The highest BCUT2D eigenvalue weighted by molar-refractivity contribution is 6.13. The van der Waals surface area contributed by atoms with Crippen LogP contribution in [0.15, 0.2) is 54.6 Å². The average Bonchev–Trinajstić information content (AvgIpc) is 3.49. The van der Waals surface area contributed by atoms with E-state index in [0.29, 0.717) is 70.3 Å². The van der Waals surface area contributed by atoms with Crippen LogP contribution in [0.25, 0.3) is 11.0 Å². The molecule has 1 N–H and O–H groups in total. The molecule has 2 heterocycles. The molecule has 56 heavy (non-hydrogen) atoms. The molecule has 1 aromatic heterocycles. The van der Waals surface area contributed by atoms with E-state index in [1.807, 2.05) is 50.8 Å². The van der Waals surface area contributed by atoms with Gasteiger partial charge in [0.2, 0.25) is 12.3 Å². The number of imidazole rings is 1. The van der Waals surface area contributed by atoms with Gasteiger partial charge in [0, 0.05) is 52.3 Å². The zero-order chi connectivity index (χ0) is 40.6. The highest BCUT2D eigenvalue weighted by Gasteiger charge is 2.24. The van der Waals surface area contributed by atoms with Crippen LogP contribution in [0, 0.1) is 6.92 Å². The van der Waals surface area contributed by atoms with E-state index >= 15 is 0 Å². The van der Waals surface area contributed by atoms with Crippen molar-refractivity contribution in [3.05, 3.63) is 77.1 Å². The Balaban J connectivity index is 1.23. The van der Waals surface area contributed by atoms with E-state index in [1.165, 1.54) is 17.1 Å². The lowest BCUT2D eigenvalue weighted by molar-refractivity contribution is -0.221. The van der Waals surface area contributed by atoms with E-state index in [2.05, 4.69) is 22.2 Å². The van der Waals surface area contributed by atoms with Gasteiger partial charge >= 0.3 is 0 Å². The number of anilines is 2. The normalized spacial score (nSPS) is 13.4. The highest BCUT2D eigenvalue weighted by Crippen LogP contribution is 2.33. The quantitative estimate of drug-likeness (QED) is 0.0849. The fraction of sp³-hybridized carbons (Fsp3) is 0.452. The lowest BCUT2D eigenvalue weighted by atomic mass is 10.1. The van der Waals surface area contributed by atoms with Gasteiger partial charge in [-0.25, -0.2) is 10.0 Å². The predicted octanol–water partition coefficient (Wildman–Crippen LogP) is 5.82. The van der Waals surface area contributed by atoms with Crippen LogP contribution in [0.2, 0.25) is 0 Å². The SMILES string of the molecule is COc1cc(C(=O)N(C)c2ccc(C)cc2OCCCCCC(=O)N2CCN(C)CC2)ccc1NC(=O)c1cccc2nc(CN(C=O)OC(C)(C)C)n(C)c12. The van der Waals surface area contributed by atoms with Crippen molar-refractivity contribution in [1.29, 1.82) is 0 Å². The predicted molar refractivity (Wildman–Crippen MR) is 216 cm³/mol. The number of hydrogen-bond acceptors (Lipinski definition) is 9. The number of fused-ring (bicyclic) bond motifs is 1. The largest absolute Gasteiger partial charge is 0.495 e. The number of carbonyl (C=O) groups is 4. The van der Waals surface area contributed by atoms with Gasteiger partial charge in [0.15, 0.2) is 0 Å². The molecular formula is C42H55N7O7. The van der Waals surface area contributed by atoms with Crippen LogP contribution in [0.5, 0.6) is 11.5 Å². The van der Waals surface area contributed by atoms with Crippen molar-refractivity contribution < 1.29 is 33.5 Å². The average molecular weight is 770 g/mol. The lowest BCUT2D eigenvalue weighted by Gasteiger charge is -2.32. The van der Waals surface area contributed by atoms with Crippen LogP contribution in [0.4, 0.5) is 11.4 Å². The van der Waals surface area contributed by atoms with Crippen LogP contribution < -0.4 is 19.7 Å². The van der Waals surface area contributed by atoms with E-state index in [-0.39, 0.29) is 18.4 Å². The topological polar surface area (TPSA) is 139 Å². The summed E-state index contributed by atoms with van der Waals surface area (Å²) in [4.78, 5) is 68.0. The number of nitrogens with zero attached hydrogens (tertiary/aromatic N) is 6. The second-order valence-electron chi connectivity index (χ2n) is 15.2. The van der Waals surface area contributed by atoms with Crippen molar-refractivity contribution in [2.24, 2.45) is 7.05 Å². The van der Waals surface area contributed by atoms with Crippen molar-refractivity contribution >= 4 is 46.5 Å². The molecule has 0 bridgehead atoms. The second kappa shape index (κ2) is 18.4. The Hall–Kier alpha value is -5.47. The van der Waals surface area contributed by atoms with Crippen LogP contribution in [0.3, 0.4) is 0 Å². The molecule has 5 rings (SSSR count). The maximum Gasteiger partial charge on any atom is 0.258 e. The van der Waals surface area contributed by atoms with Crippen LogP contribution >= 0.6 is 0 Å². The number of piperazine rings is 1. The molecule has 0 spiro atoms. The number of para-hydroxylation sites is 1. The van der Waals surface area contributed by atoms with Gasteiger partial charge in [0.05, 0.1) is 47.3 Å². The molecule has 14 heteroatoms. The Bertz CT molecular complexity index is 2030. The number of rotatable bonds is 16. The molecule has 300 valence electrons. The number of nitrogens with one attached hydrogen (secondary N) is 1. The molecule has 0 atom stereocenters. The first-order valence-corrected chi connectivity index (χ1v) is 19.0. The van der Waals surface area contributed by atoms with Crippen molar-refractivity contribution in [2.75, 3.05) is 64.2 Å². The molecule has 4 aromatic rings. The van der Waals surface area contributed by atoms with Gasteiger partial charge in [0.1, 0.15) is 23.9 Å². The summed E-state index contributed by atoms with van der Waals surface area (Å²) in [6, 6.07) is 15.8. The number of carbonyl (C=O) groups excluding carboxylic acids is 4. The zero-order valence-corrected chi connectivity index (χ0v) is 33.9. The van der Waals surface area contributed by atoms with E-state index < -0.39 is 11.5 Å². The minimum Gasteiger partial charge on any atom is -0.495 e. The van der Waals surface area contributed by atoms with E-state index in [0.717, 1.165) is 51.0 Å². The fourth-order valence-electron chi connectivity index (χ4n) is 6.61. The van der Waals surface area contributed by atoms with Crippen molar-refractivity contribution in [2.45, 2.75) is 65.5 Å². The van der Waals surface area contributed by atoms with Crippen LogP contribution in [0.1, 0.15) is 78.6 Å². The summed E-state index contributed by atoms with van der Waals surface area (Å²) in [6.07, 6.45) is 3.60. The first-order valence-electron chi connectivity index (χ1n) is 19.0. The van der Waals surface area contributed by atoms with Gasteiger partial charge in [-0.1, -0.05) is 12.1 Å². The van der Waals surface area contributed by atoms with Gasteiger partial charge < -0.3 is 34.1 Å². The third kappa shape index (κ3) is 10.4. The molecule has 0 aliphatic carbocycles. The Morgan fingerprint density at radius 2 is 1.70 bits per heavy atom. The Morgan fingerprint density at radius 1 is 0.946 bits per heavy atom. The summed E-state index contributed by atoms with van der Waals surface area (Å²) in [7, 11) is 7.03. The Labute approximate surface area is 329 Å². The summed E-state index contributed by atoms with van der Waals surface area (Å²) in [5.74, 6) is 0.968. The minimum atomic E-state index is -0.585. The number of amides is 4. The highest BCUT2D eigenvalue weighted by atomic mass is 16.7. The Kier molecular flexibility index (Phi) is 13.7. The third-order valence-corrected chi connectivity index (χ3v) is 9.66. The summed E-state index contributed by atoms with van der Waals surface area (Å²) < 4.78 is 13.6. The molecule has 0 radical (unpaired) electrons. The zero-order valence-electron chi connectivity index (χ0n) is 33.9. The van der Waals surface area contributed by atoms with E-state index in [9.17, 15) is 19.2 Å². The minimum absolute atomic E-state index is 0.0851. The van der Waals surface area contributed by atoms with Crippen molar-refractivity contribution in [3.8, 4) is 11.5 Å². The molecular weight excluding hydrogens is 715 g/mol. The fourth-order valence-corrected chi connectivity index (χ4v) is 6.61. The molecule has 1 aliphatic rings. The summed E-state index contributed by atoms with van der Waals surface area (Å²) in [5, 5.41) is 4.11. The van der Waals surface area contributed by atoms with Gasteiger partial charge in [-0.2, -0.15) is 0 Å². The maximum absolute atomic E-state index is 13.8. The standard InChI is InChI=1S/C42H55N7O7/c1-29-16-19-34(36(25-29)55-24-11-9-10-15-38(51)48-22-20-45(5)21-23-48)46(6)41(53)30-17-18-32(35(26-30)54-8)44-40(52)31-13-12-14-33-39(31)47(7)37(43-33)27-49(28-50)56-42(2,3)4/h12-14,16-19,25-26,28H,9-11,15,20-24,27H2,1-8H3,(H,44,52). The monoisotopic (exact) mass is 769 g/mol. The second-order valence-corrected chi connectivity index (χ2v) is 15.2. The van der Waals surface area contributed by atoms with E-state index in [4.69, 9.17) is 14.3 Å². The van der Waals surface area contributed by atoms with Crippen molar-refractivity contribution in [1.82, 2.24) is 24.4 Å². The first-order chi connectivity index (χ1) is 26.7. The first kappa shape index (κ1) is 41.7. The van der Waals surface area contributed by atoms with Crippen LogP contribution in [-0.2, 0) is 28.0 Å². The van der Waals surface area contributed by atoms with Gasteiger partial charge in [-0.3, -0.25) is 24.0 Å². The third-order valence-electron chi connectivity index (χ3n) is 9.66. The van der Waals surface area contributed by atoms with Crippen molar-refractivity contribution in [3.63, 3.8) is 0 Å². The number of aromatic nitrogens is 2. The number of hydrogen-bond donors (Lipinski definition) is 1. The van der Waals surface area contributed by atoms with Crippen LogP contribution in [-0.4, -0.2) is 108 Å². The summed E-state index contributed by atoms with van der Waals surface area (Å²) in [6.45, 7) is 11.5. The molecule has 1 saturated heterocycles. The molecule has 4 amide bonds. The van der Waals surface area contributed by atoms with Gasteiger partial charge in [-0.05, 0) is 102 Å². The molecule has 14 nitrogen and oxygen atoms in total. The number of likely N-dealkylation sites (N-methyl/N-ethyl adjacent to an activating group) is 1. The summed E-state index contributed by atoms with van der Waals surface area (Å²) >= 11 is 0. The molecule has 1 aliphatic heterocycles. The Morgan fingerprint density at radius 3 is 2.39 bits per heavy atom. The number of methoxy groups -OCH3 is 1. The number of hydroxylamine groups is 2. The van der Waals surface area contributed by atoms with Gasteiger partial charge in [0.25, 0.3) is 11.8 Å². The van der Waals surface area contributed by atoms with Gasteiger partial charge in [-0.15, -0.1) is 0 Å². The molecule has 1 fully saturated rings. The maximum atomic E-state index is 13.8. The number of unbranched alkanes of at least 4 members (excludes halogenated alkanes) is 2. The number of aryl methyl sites for hydroxylation is 2.